The summed E-state index contributed by atoms with van der Waals surface area (Å²) in [6.07, 6.45) is -0.959. The average molecular weight is 301 g/mol. The maximum absolute atomic E-state index is 11.0. The highest BCUT2D eigenvalue weighted by Gasteiger charge is 2.25. The first-order valence-corrected chi connectivity index (χ1v) is 5.16. The molecule has 0 saturated carbocycles. The summed E-state index contributed by atoms with van der Waals surface area (Å²) in [7, 11) is 1.20. The summed E-state index contributed by atoms with van der Waals surface area (Å²) < 4.78 is 4.64. The molecule has 2 unspecified atom stereocenters. The molecule has 2 atom stereocenters. The second-order valence-corrected chi connectivity index (χ2v) is 3.21. The van der Waals surface area contributed by atoms with Crippen LogP contribution in [0.15, 0.2) is 0 Å². The molecule has 0 rings (SSSR count). The fourth-order valence-corrected chi connectivity index (χ4v) is 0.936. The monoisotopic (exact) mass is 301 g/mol. The van der Waals surface area contributed by atoms with E-state index in [4.69, 9.17) is 5.11 Å². The van der Waals surface area contributed by atoms with Crippen molar-refractivity contribution < 1.29 is 19.4 Å². The molecule has 2 N–H and O–H groups in total. The number of hydrogen-bond acceptors (Lipinski definition) is 4. The maximum atomic E-state index is 11.0. The Morgan fingerprint density at radius 2 is 2.15 bits per heavy atom. The minimum atomic E-state index is -0.979. The Morgan fingerprint density at radius 1 is 1.62 bits per heavy atom. The number of hydrogen-bond donors (Lipinski definition) is 2. The van der Waals surface area contributed by atoms with Crippen LogP contribution in [0.3, 0.4) is 0 Å². The number of esters is 1. The minimum absolute atomic E-state index is 0.234. The van der Waals surface area contributed by atoms with Gasteiger partial charge in [0.05, 0.1) is 17.6 Å². The molecular formula is C7H12INO4. The van der Waals surface area contributed by atoms with Gasteiger partial charge in [0.2, 0.25) is 5.91 Å². The Bertz CT molecular complexity index is 195. The predicted molar refractivity (Wildman–Crippen MR) is 54.5 cm³/mol. The Morgan fingerprint density at radius 3 is 2.46 bits per heavy atom. The van der Waals surface area contributed by atoms with Crippen molar-refractivity contribution in [3.63, 3.8) is 0 Å². The smallest absolute Gasteiger partial charge is 0.331 e. The van der Waals surface area contributed by atoms with E-state index in [-0.39, 0.29) is 10.3 Å². The molecule has 13 heavy (non-hydrogen) atoms. The van der Waals surface area contributed by atoms with E-state index in [0.717, 1.165) is 0 Å². The number of aliphatic hydroxyl groups is 1. The van der Waals surface area contributed by atoms with Gasteiger partial charge in [0.15, 0.2) is 6.04 Å². The minimum Gasteiger partial charge on any atom is -0.467 e. The molecule has 0 aromatic carbocycles. The van der Waals surface area contributed by atoms with Crippen molar-refractivity contribution >= 4 is 34.5 Å². The molecule has 0 saturated heterocycles. The first-order valence-electron chi connectivity index (χ1n) is 3.64. The van der Waals surface area contributed by atoms with Crippen molar-refractivity contribution in [1.29, 1.82) is 0 Å². The van der Waals surface area contributed by atoms with E-state index in [9.17, 15) is 9.59 Å². The molecule has 0 radical (unpaired) electrons. The van der Waals surface area contributed by atoms with Gasteiger partial charge in [0.25, 0.3) is 0 Å². The average Bonchev–Trinajstić information content (AvgIpc) is 2.11. The van der Waals surface area contributed by atoms with Gasteiger partial charge in [-0.05, 0) is 6.92 Å². The van der Waals surface area contributed by atoms with Gasteiger partial charge >= 0.3 is 5.97 Å². The number of ether oxygens (including phenoxy) is 1. The van der Waals surface area contributed by atoms with E-state index in [1.807, 2.05) is 22.6 Å². The molecule has 0 aliphatic rings. The van der Waals surface area contributed by atoms with E-state index < -0.39 is 18.1 Å². The van der Waals surface area contributed by atoms with E-state index in [0.29, 0.717) is 0 Å². The number of halogens is 1. The third kappa shape index (κ3) is 4.41. The molecule has 0 bridgehead atoms. The fourth-order valence-electron chi connectivity index (χ4n) is 0.715. The van der Waals surface area contributed by atoms with Crippen LogP contribution >= 0.6 is 22.6 Å². The Kier molecular flexibility index (Phi) is 5.97. The van der Waals surface area contributed by atoms with Crippen LogP contribution in [0.2, 0.25) is 0 Å². The molecule has 0 heterocycles. The summed E-state index contributed by atoms with van der Waals surface area (Å²) >= 11 is 1.86. The molecule has 5 nitrogen and oxygen atoms in total. The van der Waals surface area contributed by atoms with Gasteiger partial charge in [-0.15, -0.1) is 0 Å². The summed E-state index contributed by atoms with van der Waals surface area (Å²) in [5, 5.41) is 11.5. The number of methoxy groups -OCH3 is 1. The highest BCUT2D eigenvalue weighted by molar-refractivity contribution is 14.1. The van der Waals surface area contributed by atoms with Crippen molar-refractivity contribution in [1.82, 2.24) is 5.32 Å². The Labute approximate surface area is 90.0 Å². The number of carbonyl (C=O) groups excluding carboxylic acids is 2. The summed E-state index contributed by atoms with van der Waals surface area (Å²) in [5.74, 6) is -0.954. The van der Waals surface area contributed by atoms with Crippen LogP contribution in [-0.4, -0.2) is 40.7 Å². The van der Waals surface area contributed by atoms with E-state index >= 15 is 0 Å². The fraction of sp³-hybridized carbons (Fsp3) is 0.714. The standard InChI is InChI=1S/C7H12INO4/c1-4(10)6(7(12)13-2)9-5(11)3-8/h4,6,10H,3H2,1-2H3,(H,9,11). The number of rotatable bonds is 4. The lowest BCUT2D eigenvalue weighted by atomic mass is 10.2. The number of amides is 1. The van der Waals surface area contributed by atoms with E-state index in [1.54, 1.807) is 0 Å². The van der Waals surface area contributed by atoms with Crippen LogP contribution in [0.25, 0.3) is 0 Å². The molecule has 0 aliphatic heterocycles. The number of alkyl halides is 1. The summed E-state index contributed by atoms with van der Waals surface area (Å²) in [6.45, 7) is 1.41. The molecule has 6 heteroatoms. The van der Waals surface area contributed by atoms with Crippen LogP contribution in [0, 0.1) is 0 Å². The van der Waals surface area contributed by atoms with Gasteiger partial charge in [-0.25, -0.2) is 4.79 Å². The third-order valence-electron chi connectivity index (χ3n) is 1.38. The molecule has 1 amide bonds. The van der Waals surface area contributed by atoms with Crippen molar-refractivity contribution in [2.75, 3.05) is 11.5 Å². The third-order valence-corrected chi connectivity index (χ3v) is 2.07. The topological polar surface area (TPSA) is 75.6 Å². The molecule has 0 aliphatic carbocycles. The van der Waals surface area contributed by atoms with E-state index in [2.05, 4.69) is 10.1 Å². The van der Waals surface area contributed by atoms with Gasteiger partial charge in [-0.2, -0.15) is 0 Å². The zero-order valence-electron chi connectivity index (χ0n) is 7.41. The van der Waals surface area contributed by atoms with Gasteiger partial charge in [-0.1, -0.05) is 22.6 Å². The summed E-state index contributed by atoms with van der Waals surface area (Å²) in [4.78, 5) is 21.9. The van der Waals surface area contributed by atoms with Crippen molar-refractivity contribution in [3.05, 3.63) is 0 Å². The Balaban J connectivity index is 4.26. The highest BCUT2D eigenvalue weighted by Crippen LogP contribution is 1.96. The second-order valence-electron chi connectivity index (χ2n) is 2.44. The SMILES string of the molecule is COC(=O)C(NC(=O)CI)C(C)O. The van der Waals surface area contributed by atoms with E-state index in [1.165, 1.54) is 14.0 Å². The lowest BCUT2D eigenvalue weighted by Gasteiger charge is -2.18. The largest absolute Gasteiger partial charge is 0.467 e. The number of carbonyl (C=O) groups is 2. The Hall–Kier alpha value is -0.370. The van der Waals surface area contributed by atoms with Gasteiger partial charge in [0.1, 0.15) is 0 Å². The molecule has 0 aromatic heterocycles. The molecule has 0 spiro atoms. The van der Waals surface area contributed by atoms with Crippen molar-refractivity contribution in [2.45, 2.75) is 19.1 Å². The molecule has 0 aromatic rings. The van der Waals surface area contributed by atoms with Crippen molar-refractivity contribution in [2.24, 2.45) is 0 Å². The van der Waals surface area contributed by atoms with Crippen LogP contribution in [-0.2, 0) is 14.3 Å². The highest BCUT2D eigenvalue weighted by atomic mass is 127. The molecular weight excluding hydrogens is 289 g/mol. The zero-order valence-corrected chi connectivity index (χ0v) is 9.57. The first kappa shape index (κ1) is 12.6. The van der Waals surface area contributed by atoms with Gasteiger partial charge < -0.3 is 15.2 Å². The lowest BCUT2D eigenvalue weighted by molar-refractivity contribution is -0.147. The van der Waals surface area contributed by atoms with Crippen LogP contribution < -0.4 is 5.32 Å². The lowest BCUT2D eigenvalue weighted by Crippen LogP contribution is -2.48. The summed E-state index contributed by atoms with van der Waals surface area (Å²) in [6, 6.07) is -0.979. The summed E-state index contributed by atoms with van der Waals surface area (Å²) in [5.41, 5.74) is 0. The molecule has 76 valence electrons. The quantitative estimate of drug-likeness (QED) is 0.415. The van der Waals surface area contributed by atoms with Crippen molar-refractivity contribution in [3.8, 4) is 0 Å². The maximum Gasteiger partial charge on any atom is 0.331 e. The zero-order chi connectivity index (χ0) is 10.4. The normalized spacial score (nSPS) is 14.5. The number of aliphatic hydroxyl groups excluding tert-OH is 1. The van der Waals surface area contributed by atoms with Gasteiger partial charge in [-0.3, -0.25) is 4.79 Å². The van der Waals surface area contributed by atoms with Gasteiger partial charge in [0, 0.05) is 0 Å². The number of nitrogens with one attached hydrogen (secondary N) is 1. The molecule has 0 fully saturated rings. The van der Waals surface area contributed by atoms with Crippen LogP contribution in [0.4, 0.5) is 0 Å². The second kappa shape index (κ2) is 6.14. The first-order chi connectivity index (χ1) is 6.02. The van der Waals surface area contributed by atoms with Crippen LogP contribution in [0.5, 0.6) is 0 Å². The van der Waals surface area contributed by atoms with Crippen LogP contribution in [0.1, 0.15) is 6.92 Å². The predicted octanol–water partition coefficient (Wildman–Crippen LogP) is -0.540.